The third-order valence-corrected chi connectivity index (χ3v) is 3.87. The monoisotopic (exact) mass is 265 g/mol. The zero-order valence-electron chi connectivity index (χ0n) is 11.0. The largest absolute Gasteiger partial charge is 0.355 e. The zero-order chi connectivity index (χ0) is 13.2. The Hall–Kier alpha value is -1.02. The summed E-state index contributed by atoms with van der Waals surface area (Å²) in [4.78, 5) is 12.1. The standard InChI is InChI=1S/C15H20ClNO/c1-15(2,7-8-16)10-17-14(18)13-9-11-5-3-4-6-12(11)13/h3-6,13H,7-10H2,1-2H3,(H,17,18). The molecular weight excluding hydrogens is 246 g/mol. The van der Waals surface area contributed by atoms with Gasteiger partial charge in [0.2, 0.25) is 5.91 Å². The number of nitrogens with one attached hydrogen (secondary N) is 1. The molecule has 0 heterocycles. The van der Waals surface area contributed by atoms with Gasteiger partial charge in [-0.15, -0.1) is 11.6 Å². The average molecular weight is 266 g/mol. The van der Waals surface area contributed by atoms with Gasteiger partial charge in [0, 0.05) is 12.4 Å². The van der Waals surface area contributed by atoms with Gasteiger partial charge in [-0.25, -0.2) is 0 Å². The molecule has 1 atom stereocenters. The van der Waals surface area contributed by atoms with Gasteiger partial charge in [-0.1, -0.05) is 38.1 Å². The van der Waals surface area contributed by atoms with Crippen molar-refractivity contribution in [3.05, 3.63) is 35.4 Å². The minimum absolute atomic E-state index is 0.0491. The van der Waals surface area contributed by atoms with Crippen molar-refractivity contribution in [2.75, 3.05) is 12.4 Å². The number of benzene rings is 1. The molecule has 0 saturated carbocycles. The highest BCUT2D eigenvalue weighted by molar-refractivity contribution is 6.17. The van der Waals surface area contributed by atoms with E-state index in [2.05, 4.69) is 25.2 Å². The second-order valence-corrected chi connectivity index (χ2v) is 6.15. The molecule has 0 saturated heterocycles. The van der Waals surface area contributed by atoms with Gasteiger partial charge in [0.1, 0.15) is 0 Å². The summed E-state index contributed by atoms with van der Waals surface area (Å²) in [5.41, 5.74) is 2.56. The van der Waals surface area contributed by atoms with Crippen molar-refractivity contribution in [3.8, 4) is 0 Å². The molecule has 1 amide bonds. The quantitative estimate of drug-likeness (QED) is 0.815. The van der Waals surface area contributed by atoms with Crippen LogP contribution < -0.4 is 5.32 Å². The van der Waals surface area contributed by atoms with Crippen molar-refractivity contribution < 1.29 is 4.79 Å². The Morgan fingerprint density at radius 2 is 2.17 bits per heavy atom. The summed E-state index contributed by atoms with van der Waals surface area (Å²) < 4.78 is 0. The lowest BCUT2D eigenvalue weighted by atomic mass is 9.77. The van der Waals surface area contributed by atoms with Gasteiger partial charge in [0.25, 0.3) is 0 Å². The average Bonchev–Trinajstić information content (AvgIpc) is 2.28. The Labute approximate surface area is 114 Å². The van der Waals surface area contributed by atoms with Crippen LogP contribution in [0.4, 0.5) is 0 Å². The van der Waals surface area contributed by atoms with Crippen LogP contribution in [0.2, 0.25) is 0 Å². The summed E-state index contributed by atoms with van der Waals surface area (Å²) in [5.74, 6) is 0.833. The van der Waals surface area contributed by atoms with Crippen LogP contribution in [0.15, 0.2) is 24.3 Å². The Kier molecular flexibility index (Phi) is 3.96. The lowest BCUT2D eigenvalue weighted by molar-refractivity contribution is -0.123. The van der Waals surface area contributed by atoms with E-state index in [0.717, 1.165) is 12.8 Å². The van der Waals surface area contributed by atoms with Crippen LogP contribution in [0, 0.1) is 5.41 Å². The van der Waals surface area contributed by atoms with Crippen molar-refractivity contribution in [2.24, 2.45) is 5.41 Å². The summed E-state index contributed by atoms with van der Waals surface area (Å²) in [5, 5.41) is 3.05. The van der Waals surface area contributed by atoms with Gasteiger partial charge in [-0.2, -0.15) is 0 Å². The molecule has 1 N–H and O–H groups in total. The molecule has 2 nitrogen and oxygen atoms in total. The van der Waals surface area contributed by atoms with Crippen molar-refractivity contribution in [1.29, 1.82) is 0 Å². The van der Waals surface area contributed by atoms with Crippen LogP contribution in [-0.2, 0) is 11.2 Å². The SMILES string of the molecule is CC(C)(CCCl)CNC(=O)C1Cc2ccccc21. The predicted molar refractivity (Wildman–Crippen MR) is 75.0 cm³/mol. The van der Waals surface area contributed by atoms with Gasteiger partial charge >= 0.3 is 0 Å². The van der Waals surface area contributed by atoms with Gasteiger partial charge in [0.05, 0.1) is 5.92 Å². The van der Waals surface area contributed by atoms with Crippen molar-refractivity contribution in [3.63, 3.8) is 0 Å². The molecule has 1 unspecified atom stereocenters. The second kappa shape index (κ2) is 5.31. The fraction of sp³-hybridized carbons (Fsp3) is 0.533. The lowest BCUT2D eigenvalue weighted by Gasteiger charge is -2.31. The van der Waals surface area contributed by atoms with Crippen LogP contribution in [-0.4, -0.2) is 18.3 Å². The zero-order valence-corrected chi connectivity index (χ0v) is 11.8. The van der Waals surface area contributed by atoms with E-state index >= 15 is 0 Å². The molecule has 0 aliphatic heterocycles. The number of fused-ring (bicyclic) bond motifs is 1. The third kappa shape index (κ3) is 2.86. The molecule has 1 aromatic rings. The van der Waals surface area contributed by atoms with Crippen LogP contribution in [0.3, 0.4) is 0 Å². The highest BCUT2D eigenvalue weighted by Gasteiger charge is 2.32. The lowest BCUT2D eigenvalue weighted by Crippen LogP contribution is -2.40. The van der Waals surface area contributed by atoms with Crippen LogP contribution in [0.1, 0.15) is 37.3 Å². The van der Waals surface area contributed by atoms with Gasteiger partial charge in [0.15, 0.2) is 0 Å². The summed E-state index contributed by atoms with van der Waals surface area (Å²) in [6.45, 7) is 4.95. The summed E-state index contributed by atoms with van der Waals surface area (Å²) >= 11 is 5.76. The molecule has 18 heavy (non-hydrogen) atoms. The normalized spacial score (nSPS) is 17.8. The number of alkyl halides is 1. The Morgan fingerprint density at radius 1 is 1.44 bits per heavy atom. The number of hydrogen-bond acceptors (Lipinski definition) is 1. The maximum atomic E-state index is 12.1. The smallest absolute Gasteiger partial charge is 0.227 e. The van der Waals surface area contributed by atoms with Gasteiger partial charge in [-0.3, -0.25) is 4.79 Å². The fourth-order valence-corrected chi connectivity index (χ4v) is 2.80. The van der Waals surface area contributed by atoms with Gasteiger partial charge < -0.3 is 5.32 Å². The topological polar surface area (TPSA) is 29.1 Å². The second-order valence-electron chi connectivity index (χ2n) is 5.78. The number of carbonyl (C=O) groups is 1. The molecule has 1 aromatic carbocycles. The van der Waals surface area contributed by atoms with E-state index in [4.69, 9.17) is 11.6 Å². The molecule has 0 spiro atoms. The number of rotatable bonds is 5. The van der Waals surface area contributed by atoms with E-state index in [-0.39, 0.29) is 17.2 Å². The van der Waals surface area contributed by atoms with E-state index in [9.17, 15) is 4.79 Å². The van der Waals surface area contributed by atoms with Gasteiger partial charge in [-0.05, 0) is 29.4 Å². The van der Waals surface area contributed by atoms with E-state index in [1.54, 1.807) is 0 Å². The van der Waals surface area contributed by atoms with E-state index in [1.807, 2.05) is 18.2 Å². The summed E-state index contributed by atoms with van der Waals surface area (Å²) in [7, 11) is 0. The molecule has 98 valence electrons. The molecular formula is C15H20ClNO. The van der Waals surface area contributed by atoms with Crippen molar-refractivity contribution in [2.45, 2.75) is 32.6 Å². The number of amides is 1. The highest BCUT2D eigenvalue weighted by Crippen LogP contribution is 2.35. The van der Waals surface area contributed by atoms with Crippen LogP contribution >= 0.6 is 11.6 Å². The van der Waals surface area contributed by atoms with Crippen molar-refractivity contribution in [1.82, 2.24) is 5.32 Å². The molecule has 0 radical (unpaired) electrons. The van der Waals surface area contributed by atoms with Crippen molar-refractivity contribution >= 4 is 17.5 Å². The van der Waals surface area contributed by atoms with E-state index in [0.29, 0.717) is 12.4 Å². The summed E-state index contributed by atoms with van der Waals surface area (Å²) in [6, 6.07) is 8.16. The molecule has 0 fully saturated rings. The first-order valence-electron chi connectivity index (χ1n) is 6.45. The summed E-state index contributed by atoms with van der Waals surface area (Å²) in [6.07, 6.45) is 1.79. The maximum absolute atomic E-state index is 12.1. The predicted octanol–water partition coefficient (Wildman–Crippen LogP) is 3.10. The molecule has 0 bridgehead atoms. The molecule has 3 heteroatoms. The first kappa shape index (κ1) is 13.4. The maximum Gasteiger partial charge on any atom is 0.227 e. The number of halogens is 1. The van der Waals surface area contributed by atoms with E-state index < -0.39 is 0 Å². The Bertz CT molecular complexity index is 442. The van der Waals surface area contributed by atoms with Crippen LogP contribution in [0.5, 0.6) is 0 Å². The minimum Gasteiger partial charge on any atom is -0.355 e. The first-order valence-corrected chi connectivity index (χ1v) is 6.98. The molecule has 0 aromatic heterocycles. The van der Waals surface area contributed by atoms with E-state index in [1.165, 1.54) is 11.1 Å². The minimum atomic E-state index is 0.0491. The third-order valence-electron chi connectivity index (χ3n) is 3.68. The first-order chi connectivity index (χ1) is 8.53. The Morgan fingerprint density at radius 3 is 2.83 bits per heavy atom. The van der Waals surface area contributed by atoms with Crippen LogP contribution in [0.25, 0.3) is 0 Å². The molecule has 2 rings (SSSR count). The molecule has 1 aliphatic carbocycles. The molecule has 1 aliphatic rings. The Balaban J connectivity index is 1.88. The number of carbonyl (C=O) groups excluding carboxylic acids is 1. The highest BCUT2D eigenvalue weighted by atomic mass is 35.5. The fourth-order valence-electron chi connectivity index (χ4n) is 2.29. The number of hydrogen-bond donors (Lipinski definition) is 1.